The van der Waals surface area contributed by atoms with E-state index in [2.05, 4.69) is 0 Å². The standard InChI is InChI=1S/C13H28O7/c14-2-1-4-16-6-8-18-10-12-20-13-11-19-9-7-17-5-3-15/h14-15H,1-13H2. The molecular weight excluding hydrogens is 268 g/mol. The molecule has 0 aromatic rings. The van der Waals surface area contributed by atoms with Gasteiger partial charge in [0.25, 0.3) is 0 Å². The minimum absolute atomic E-state index is 0.0373. The molecule has 2 N–H and O–H groups in total. The third-order valence-electron chi connectivity index (χ3n) is 2.17. The predicted octanol–water partition coefficient (Wildman–Crippen LogP) is -0.556. The molecule has 0 aliphatic heterocycles. The summed E-state index contributed by atoms with van der Waals surface area (Å²) in [5.74, 6) is 0. The number of aliphatic hydroxyl groups is 2. The van der Waals surface area contributed by atoms with Gasteiger partial charge in [-0.25, -0.2) is 0 Å². The molecule has 0 aromatic carbocycles. The average molecular weight is 296 g/mol. The van der Waals surface area contributed by atoms with Crippen molar-refractivity contribution in [2.24, 2.45) is 0 Å². The molecule has 0 saturated heterocycles. The topological polar surface area (TPSA) is 86.6 Å². The van der Waals surface area contributed by atoms with Crippen molar-refractivity contribution in [3.8, 4) is 0 Å². The summed E-state index contributed by atoms with van der Waals surface area (Å²) in [6, 6.07) is 0. The van der Waals surface area contributed by atoms with E-state index in [1.807, 2.05) is 0 Å². The van der Waals surface area contributed by atoms with Gasteiger partial charge in [0, 0.05) is 13.2 Å². The molecule has 0 radical (unpaired) electrons. The Morgan fingerprint density at radius 2 is 0.750 bits per heavy atom. The number of aliphatic hydroxyl groups excluding tert-OH is 2. The molecule has 0 amide bonds. The van der Waals surface area contributed by atoms with Crippen molar-refractivity contribution in [2.45, 2.75) is 6.42 Å². The normalized spacial score (nSPS) is 11.1. The van der Waals surface area contributed by atoms with E-state index in [1.165, 1.54) is 0 Å². The average Bonchev–Trinajstić information content (AvgIpc) is 2.47. The predicted molar refractivity (Wildman–Crippen MR) is 72.9 cm³/mol. The zero-order valence-electron chi connectivity index (χ0n) is 12.1. The molecule has 0 atom stereocenters. The van der Waals surface area contributed by atoms with E-state index in [0.717, 1.165) is 0 Å². The van der Waals surface area contributed by atoms with Crippen molar-refractivity contribution in [1.29, 1.82) is 0 Å². The van der Waals surface area contributed by atoms with Crippen molar-refractivity contribution >= 4 is 0 Å². The monoisotopic (exact) mass is 296 g/mol. The van der Waals surface area contributed by atoms with Crippen molar-refractivity contribution in [1.82, 2.24) is 0 Å². The summed E-state index contributed by atoms with van der Waals surface area (Å²) in [6.45, 7) is 5.28. The lowest BCUT2D eigenvalue weighted by atomic mass is 10.5. The molecule has 0 fully saturated rings. The van der Waals surface area contributed by atoms with Crippen LogP contribution in [0.4, 0.5) is 0 Å². The summed E-state index contributed by atoms with van der Waals surface area (Å²) in [7, 11) is 0. The van der Waals surface area contributed by atoms with E-state index < -0.39 is 0 Å². The van der Waals surface area contributed by atoms with Crippen LogP contribution < -0.4 is 0 Å². The molecule has 122 valence electrons. The first-order valence-electron chi connectivity index (χ1n) is 7.02. The highest BCUT2D eigenvalue weighted by Gasteiger charge is 1.93. The summed E-state index contributed by atoms with van der Waals surface area (Å²) in [6.07, 6.45) is 0.661. The highest BCUT2D eigenvalue weighted by molar-refractivity contribution is 4.36. The summed E-state index contributed by atoms with van der Waals surface area (Å²) in [4.78, 5) is 0. The Hall–Kier alpha value is -0.280. The molecule has 0 saturated carbocycles. The van der Waals surface area contributed by atoms with E-state index in [0.29, 0.717) is 72.5 Å². The van der Waals surface area contributed by atoms with E-state index >= 15 is 0 Å². The maximum absolute atomic E-state index is 8.53. The van der Waals surface area contributed by atoms with Crippen LogP contribution >= 0.6 is 0 Å². The third-order valence-corrected chi connectivity index (χ3v) is 2.17. The van der Waals surface area contributed by atoms with E-state index in [4.69, 9.17) is 33.9 Å². The number of hydrogen-bond donors (Lipinski definition) is 2. The first-order valence-corrected chi connectivity index (χ1v) is 7.02. The Labute approximate surface area is 120 Å². The summed E-state index contributed by atoms with van der Waals surface area (Å²) in [5.41, 5.74) is 0. The summed E-state index contributed by atoms with van der Waals surface area (Å²) in [5, 5.41) is 17.0. The molecule has 0 unspecified atom stereocenters. The zero-order valence-corrected chi connectivity index (χ0v) is 12.1. The fourth-order valence-electron chi connectivity index (χ4n) is 1.21. The smallest absolute Gasteiger partial charge is 0.0701 e. The van der Waals surface area contributed by atoms with Crippen LogP contribution in [0, 0.1) is 0 Å². The molecule has 0 rings (SSSR count). The first-order chi connectivity index (χ1) is 9.91. The Morgan fingerprint density at radius 1 is 0.400 bits per heavy atom. The van der Waals surface area contributed by atoms with Crippen molar-refractivity contribution in [3.63, 3.8) is 0 Å². The highest BCUT2D eigenvalue weighted by Crippen LogP contribution is 1.84. The lowest BCUT2D eigenvalue weighted by Crippen LogP contribution is -2.13. The SMILES string of the molecule is OCCCOCCOCCOCCOCCOCCO. The van der Waals surface area contributed by atoms with Gasteiger partial charge in [-0.05, 0) is 6.42 Å². The zero-order chi connectivity index (χ0) is 14.7. The second-order valence-electron chi connectivity index (χ2n) is 3.86. The van der Waals surface area contributed by atoms with Crippen molar-refractivity contribution in [3.05, 3.63) is 0 Å². The Kier molecular flexibility index (Phi) is 18.5. The van der Waals surface area contributed by atoms with Gasteiger partial charge in [-0.1, -0.05) is 0 Å². The second kappa shape index (κ2) is 18.7. The fraction of sp³-hybridized carbons (Fsp3) is 1.00. The van der Waals surface area contributed by atoms with Crippen LogP contribution in [0.2, 0.25) is 0 Å². The Morgan fingerprint density at radius 3 is 1.10 bits per heavy atom. The summed E-state index contributed by atoms with van der Waals surface area (Å²) < 4.78 is 26.1. The Balaban J connectivity index is 2.89. The summed E-state index contributed by atoms with van der Waals surface area (Å²) >= 11 is 0. The molecular formula is C13H28O7. The van der Waals surface area contributed by atoms with Gasteiger partial charge in [0.15, 0.2) is 0 Å². The molecule has 7 nitrogen and oxygen atoms in total. The minimum atomic E-state index is 0.0373. The molecule has 7 heteroatoms. The lowest BCUT2D eigenvalue weighted by Gasteiger charge is -2.07. The largest absolute Gasteiger partial charge is 0.396 e. The molecule has 0 aromatic heterocycles. The van der Waals surface area contributed by atoms with E-state index in [9.17, 15) is 0 Å². The molecule has 0 spiro atoms. The van der Waals surface area contributed by atoms with Crippen LogP contribution in [-0.4, -0.2) is 89.5 Å². The maximum atomic E-state index is 8.53. The van der Waals surface area contributed by atoms with Crippen molar-refractivity contribution in [2.75, 3.05) is 79.3 Å². The van der Waals surface area contributed by atoms with Crippen molar-refractivity contribution < 1.29 is 33.9 Å². The lowest BCUT2D eigenvalue weighted by molar-refractivity contribution is -0.0138. The van der Waals surface area contributed by atoms with Gasteiger partial charge in [-0.2, -0.15) is 0 Å². The van der Waals surface area contributed by atoms with Crippen LogP contribution in [0.15, 0.2) is 0 Å². The third kappa shape index (κ3) is 17.7. The molecule has 0 aliphatic rings. The van der Waals surface area contributed by atoms with Gasteiger partial charge < -0.3 is 33.9 Å². The fourth-order valence-corrected chi connectivity index (χ4v) is 1.21. The van der Waals surface area contributed by atoms with Gasteiger partial charge >= 0.3 is 0 Å². The van der Waals surface area contributed by atoms with Gasteiger partial charge in [0.1, 0.15) is 0 Å². The molecule has 0 bridgehead atoms. The van der Waals surface area contributed by atoms with E-state index in [-0.39, 0.29) is 13.2 Å². The van der Waals surface area contributed by atoms with Gasteiger partial charge in [0.05, 0.1) is 66.1 Å². The van der Waals surface area contributed by atoms with Crippen LogP contribution in [0.25, 0.3) is 0 Å². The highest BCUT2D eigenvalue weighted by atomic mass is 16.6. The van der Waals surface area contributed by atoms with Crippen LogP contribution in [0.3, 0.4) is 0 Å². The second-order valence-corrected chi connectivity index (χ2v) is 3.86. The minimum Gasteiger partial charge on any atom is -0.396 e. The molecule has 0 heterocycles. The van der Waals surface area contributed by atoms with Gasteiger partial charge in [-0.3, -0.25) is 0 Å². The van der Waals surface area contributed by atoms with Crippen LogP contribution in [0.5, 0.6) is 0 Å². The van der Waals surface area contributed by atoms with Crippen LogP contribution in [0.1, 0.15) is 6.42 Å². The Bertz CT molecular complexity index is 151. The van der Waals surface area contributed by atoms with E-state index in [1.54, 1.807) is 0 Å². The molecule has 20 heavy (non-hydrogen) atoms. The first kappa shape index (κ1) is 19.7. The number of hydrogen-bond acceptors (Lipinski definition) is 7. The maximum Gasteiger partial charge on any atom is 0.0701 e. The van der Waals surface area contributed by atoms with Gasteiger partial charge in [-0.15, -0.1) is 0 Å². The quantitative estimate of drug-likeness (QED) is 0.348. The van der Waals surface area contributed by atoms with Gasteiger partial charge in [0.2, 0.25) is 0 Å². The number of ether oxygens (including phenoxy) is 5. The van der Waals surface area contributed by atoms with Crippen LogP contribution in [-0.2, 0) is 23.7 Å². The number of rotatable bonds is 17. The molecule has 0 aliphatic carbocycles.